The predicted octanol–water partition coefficient (Wildman–Crippen LogP) is 3.09. The van der Waals surface area contributed by atoms with E-state index in [2.05, 4.69) is 33.0 Å². The van der Waals surface area contributed by atoms with Crippen LogP contribution in [0.1, 0.15) is 5.56 Å². The number of benzene rings is 1. The Morgan fingerprint density at radius 1 is 1.44 bits per heavy atom. The van der Waals surface area contributed by atoms with Crippen LogP contribution >= 0.6 is 27.7 Å². The SMILES string of the molecule is NCCc1ccc(Sc2ncco2)cc1Br. The second-order valence-electron chi connectivity index (χ2n) is 3.19. The quantitative estimate of drug-likeness (QED) is 0.942. The third-order valence-electron chi connectivity index (χ3n) is 2.05. The highest BCUT2D eigenvalue weighted by molar-refractivity contribution is 9.10. The molecule has 0 radical (unpaired) electrons. The molecule has 1 heterocycles. The minimum atomic E-state index is 0.651. The van der Waals surface area contributed by atoms with Gasteiger partial charge < -0.3 is 10.2 Å². The normalized spacial score (nSPS) is 10.6. The van der Waals surface area contributed by atoms with Crippen molar-refractivity contribution in [2.45, 2.75) is 16.5 Å². The van der Waals surface area contributed by atoms with Crippen LogP contribution < -0.4 is 5.73 Å². The second-order valence-corrected chi connectivity index (χ2v) is 5.07. The van der Waals surface area contributed by atoms with E-state index in [0.717, 1.165) is 15.8 Å². The molecule has 0 unspecified atom stereocenters. The van der Waals surface area contributed by atoms with E-state index in [1.807, 2.05) is 6.07 Å². The van der Waals surface area contributed by atoms with Crippen LogP contribution in [-0.4, -0.2) is 11.5 Å². The van der Waals surface area contributed by atoms with Crippen LogP contribution in [0.2, 0.25) is 0 Å². The zero-order valence-corrected chi connectivity index (χ0v) is 10.9. The van der Waals surface area contributed by atoms with E-state index >= 15 is 0 Å². The van der Waals surface area contributed by atoms with Gasteiger partial charge in [0.05, 0.1) is 6.20 Å². The summed E-state index contributed by atoms with van der Waals surface area (Å²) >= 11 is 5.03. The molecule has 0 atom stereocenters. The van der Waals surface area contributed by atoms with Crippen LogP contribution in [-0.2, 0) is 6.42 Å². The average Bonchev–Trinajstić information content (AvgIpc) is 2.75. The summed E-state index contributed by atoms with van der Waals surface area (Å²) in [6, 6.07) is 6.17. The van der Waals surface area contributed by atoms with Gasteiger partial charge in [-0.25, -0.2) is 4.98 Å². The summed E-state index contributed by atoms with van der Waals surface area (Å²) in [7, 11) is 0. The van der Waals surface area contributed by atoms with E-state index in [9.17, 15) is 0 Å². The first kappa shape index (κ1) is 11.7. The monoisotopic (exact) mass is 298 g/mol. The van der Waals surface area contributed by atoms with Gasteiger partial charge >= 0.3 is 0 Å². The molecule has 0 fully saturated rings. The highest BCUT2D eigenvalue weighted by Crippen LogP contribution is 2.30. The molecule has 0 saturated carbocycles. The van der Waals surface area contributed by atoms with E-state index in [0.29, 0.717) is 11.8 Å². The topological polar surface area (TPSA) is 52.0 Å². The Hall–Kier alpha value is -0.780. The number of nitrogens with zero attached hydrogens (tertiary/aromatic N) is 1. The molecule has 0 amide bonds. The van der Waals surface area contributed by atoms with Crippen LogP contribution in [0.5, 0.6) is 0 Å². The molecule has 5 heteroatoms. The van der Waals surface area contributed by atoms with Gasteiger partial charge in [-0.15, -0.1) is 0 Å². The predicted molar refractivity (Wildman–Crippen MR) is 67.5 cm³/mol. The second kappa shape index (κ2) is 5.52. The van der Waals surface area contributed by atoms with Crippen molar-refractivity contribution in [1.29, 1.82) is 0 Å². The number of hydrogen-bond donors (Lipinski definition) is 1. The molecule has 1 aromatic heterocycles. The molecule has 1 aromatic carbocycles. The van der Waals surface area contributed by atoms with Crippen LogP contribution in [0.15, 0.2) is 49.7 Å². The lowest BCUT2D eigenvalue weighted by Crippen LogP contribution is -2.03. The highest BCUT2D eigenvalue weighted by Gasteiger charge is 2.04. The molecule has 2 rings (SSSR count). The molecule has 0 spiro atoms. The molecule has 0 saturated heterocycles. The van der Waals surface area contributed by atoms with Crippen molar-refractivity contribution in [1.82, 2.24) is 4.98 Å². The van der Waals surface area contributed by atoms with Gasteiger partial charge in [-0.3, -0.25) is 0 Å². The minimum Gasteiger partial charge on any atom is -0.440 e. The number of halogens is 1. The summed E-state index contributed by atoms with van der Waals surface area (Å²) in [5, 5.41) is 0.651. The van der Waals surface area contributed by atoms with Crippen LogP contribution in [0.3, 0.4) is 0 Å². The van der Waals surface area contributed by atoms with E-state index in [-0.39, 0.29) is 0 Å². The largest absolute Gasteiger partial charge is 0.440 e. The van der Waals surface area contributed by atoms with Gasteiger partial charge in [0, 0.05) is 9.37 Å². The van der Waals surface area contributed by atoms with Crippen molar-refractivity contribution in [3.05, 3.63) is 40.7 Å². The van der Waals surface area contributed by atoms with Gasteiger partial charge in [0.2, 0.25) is 0 Å². The molecular weight excluding hydrogens is 288 g/mol. The fourth-order valence-corrected chi connectivity index (χ4v) is 2.77. The van der Waals surface area contributed by atoms with Crippen molar-refractivity contribution >= 4 is 27.7 Å². The standard InChI is InChI=1S/C11H11BrN2OS/c12-10-7-9(2-1-8(10)3-4-13)16-11-14-5-6-15-11/h1-2,5-7H,3-4,13H2. The maximum absolute atomic E-state index is 5.53. The summed E-state index contributed by atoms with van der Waals surface area (Å²) in [6.07, 6.45) is 4.09. The van der Waals surface area contributed by atoms with Crippen molar-refractivity contribution in [3.63, 3.8) is 0 Å². The molecule has 0 aliphatic carbocycles. The van der Waals surface area contributed by atoms with Gasteiger partial charge in [-0.2, -0.15) is 0 Å². The summed E-state index contributed by atoms with van der Waals surface area (Å²) in [5.41, 5.74) is 6.75. The molecule has 3 nitrogen and oxygen atoms in total. The number of rotatable bonds is 4. The molecule has 0 aliphatic rings. The molecule has 0 aliphatic heterocycles. The van der Waals surface area contributed by atoms with Gasteiger partial charge in [0.1, 0.15) is 6.26 Å². The fraction of sp³-hybridized carbons (Fsp3) is 0.182. The Balaban J connectivity index is 2.15. The Morgan fingerprint density at radius 2 is 2.31 bits per heavy atom. The van der Waals surface area contributed by atoms with Gasteiger partial charge in [0.15, 0.2) is 0 Å². The molecule has 84 valence electrons. The summed E-state index contributed by atoms with van der Waals surface area (Å²) < 4.78 is 6.25. The third kappa shape index (κ3) is 2.87. The first-order chi connectivity index (χ1) is 7.79. The third-order valence-corrected chi connectivity index (χ3v) is 3.66. The Kier molecular flexibility index (Phi) is 4.04. The van der Waals surface area contributed by atoms with E-state index in [4.69, 9.17) is 10.2 Å². The number of hydrogen-bond acceptors (Lipinski definition) is 4. The lowest BCUT2D eigenvalue weighted by Gasteiger charge is -2.04. The van der Waals surface area contributed by atoms with Gasteiger partial charge in [-0.05, 0) is 42.4 Å². The van der Waals surface area contributed by atoms with Crippen molar-refractivity contribution in [2.24, 2.45) is 5.73 Å². The maximum Gasteiger partial charge on any atom is 0.260 e. The Morgan fingerprint density at radius 3 is 2.94 bits per heavy atom. The number of oxazole rings is 1. The summed E-state index contributed by atoms with van der Waals surface area (Å²) in [5.74, 6) is 0. The summed E-state index contributed by atoms with van der Waals surface area (Å²) in [6.45, 7) is 0.658. The zero-order valence-electron chi connectivity index (χ0n) is 8.52. The number of nitrogens with two attached hydrogens (primary N) is 1. The fourth-order valence-electron chi connectivity index (χ4n) is 1.31. The molecule has 2 N–H and O–H groups in total. The Bertz CT molecular complexity index is 459. The smallest absolute Gasteiger partial charge is 0.260 e. The van der Waals surface area contributed by atoms with Gasteiger partial charge in [-0.1, -0.05) is 22.0 Å². The minimum absolute atomic E-state index is 0.651. The molecule has 16 heavy (non-hydrogen) atoms. The van der Waals surface area contributed by atoms with Gasteiger partial charge in [0.25, 0.3) is 5.22 Å². The van der Waals surface area contributed by atoms with Crippen LogP contribution in [0.25, 0.3) is 0 Å². The Labute approximate surface area is 107 Å². The number of aromatic nitrogens is 1. The average molecular weight is 299 g/mol. The first-order valence-corrected chi connectivity index (χ1v) is 6.46. The van der Waals surface area contributed by atoms with Crippen LogP contribution in [0, 0.1) is 0 Å². The maximum atomic E-state index is 5.53. The van der Waals surface area contributed by atoms with Crippen LogP contribution in [0.4, 0.5) is 0 Å². The summed E-state index contributed by atoms with van der Waals surface area (Å²) in [4.78, 5) is 5.15. The van der Waals surface area contributed by atoms with E-state index in [1.165, 1.54) is 17.3 Å². The highest BCUT2D eigenvalue weighted by atomic mass is 79.9. The lowest BCUT2D eigenvalue weighted by molar-refractivity contribution is 0.454. The van der Waals surface area contributed by atoms with Crippen molar-refractivity contribution in [2.75, 3.05) is 6.54 Å². The van der Waals surface area contributed by atoms with Crippen molar-refractivity contribution < 1.29 is 4.42 Å². The zero-order chi connectivity index (χ0) is 11.4. The molecule has 2 aromatic rings. The van der Waals surface area contributed by atoms with E-state index in [1.54, 1.807) is 12.5 Å². The van der Waals surface area contributed by atoms with E-state index < -0.39 is 0 Å². The molecular formula is C11H11BrN2OS. The van der Waals surface area contributed by atoms with Crippen molar-refractivity contribution in [3.8, 4) is 0 Å². The first-order valence-electron chi connectivity index (χ1n) is 4.85. The lowest BCUT2D eigenvalue weighted by atomic mass is 10.1. The molecule has 0 bridgehead atoms.